The lowest BCUT2D eigenvalue weighted by Crippen LogP contribution is -2.44. The van der Waals surface area contributed by atoms with Crippen molar-refractivity contribution in [2.45, 2.75) is 19.4 Å². The molecule has 5 aromatic heterocycles. The molecule has 2 N–H and O–H groups in total. The molecule has 0 bridgehead atoms. The minimum absolute atomic E-state index is 0.306. The van der Waals surface area contributed by atoms with Gasteiger partial charge in [0.2, 0.25) is 0 Å². The van der Waals surface area contributed by atoms with E-state index in [1.165, 1.54) is 19.0 Å². The molecule has 38 heavy (non-hydrogen) atoms. The van der Waals surface area contributed by atoms with Gasteiger partial charge < -0.3 is 14.8 Å². The third kappa shape index (κ3) is 4.07. The molecule has 2 aliphatic heterocycles. The molecule has 0 saturated carbocycles. The second kappa shape index (κ2) is 9.41. The van der Waals surface area contributed by atoms with E-state index in [1.807, 2.05) is 18.3 Å². The highest BCUT2D eigenvalue weighted by Gasteiger charge is 2.23. The lowest BCUT2D eigenvalue weighted by molar-refractivity contribution is 0.312. The first kappa shape index (κ1) is 23.2. The molecule has 0 aromatic carbocycles. The number of aromatic amines is 2. The maximum atomic E-state index is 16.1. The molecule has 0 amide bonds. The smallest absolute Gasteiger partial charge is 0.184 e. The Hall–Kier alpha value is -3.96. The van der Waals surface area contributed by atoms with Gasteiger partial charge in [0.05, 0.1) is 10.9 Å². The number of aromatic nitrogens is 7. The van der Waals surface area contributed by atoms with Crippen molar-refractivity contribution >= 4 is 27.9 Å². The number of likely N-dealkylation sites (N-methyl/N-ethyl adjacent to an activating group) is 1. The van der Waals surface area contributed by atoms with Crippen LogP contribution in [0, 0.1) is 5.82 Å². The van der Waals surface area contributed by atoms with E-state index in [1.54, 1.807) is 12.4 Å². The zero-order valence-corrected chi connectivity index (χ0v) is 21.3. The van der Waals surface area contributed by atoms with Crippen LogP contribution in [0.2, 0.25) is 0 Å². The molecule has 0 radical (unpaired) electrons. The van der Waals surface area contributed by atoms with Gasteiger partial charge in [-0.25, -0.2) is 19.3 Å². The molecule has 7 heterocycles. The number of H-pyrrole nitrogens is 2. The van der Waals surface area contributed by atoms with Gasteiger partial charge in [-0.3, -0.25) is 15.0 Å². The average molecular weight is 513 g/mol. The van der Waals surface area contributed by atoms with Crippen molar-refractivity contribution in [3.05, 3.63) is 48.3 Å². The third-order valence-electron chi connectivity index (χ3n) is 7.65. The van der Waals surface area contributed by atoms with Gasteiger partial charge in [-0.05, 0) is 50.7 Å². The van der Waals surface area contributed by atoms with E-state index in [2.05, 4.69) is 51.9 Å². The maximum Gasteiger partial charge on any atom is 0.184 e. The number of nitrogens with zero attached hydrogens (tertiary/aromatic N) is 8. The maximum absolute atomic E-state index is 16.1. The number of likely N-dealkylation sites (tertiary alicyclic amines) is 1. The van der Waals surface area contributed by atoms with Crippen LogP contribution < -0.4 is 4.90 Å². The van der Waals surface area contributed by atoms with Crippen molar-refractivity contribution in [2.24, 2.45) is 0 Å². The number of imidazole rings is 1. The average Bonchev–Trinajstić information content (AvgIpc) is 3.69. The molecular weight excluding hydrogens is 483 g/mol. The Balaban J connectivity index is 1.27. The molecule has 5 aromatic rings. The SMILES string of the molecule is CN1CCN(c2nccc3[nH]c(-c4[nH]nc5ncc(-c6cncc(CN7CCCC7)c6)c(F)c45)nc23)CC1. The van der Waals surface area contributed by atoms with Crippen LogP contribution in [0.1, 0.15) is 18.4 Å². The highest BCUT2D eigenvalue weighted by atomic mass is 19.1. The first-order valence-corrected chi connectivity index (χ1v) is 13.1. The zero-order valence-electron chi connectivity index (χ0n) is 21.3. The molecule has 2 fully saturated rings. The van der Waals surface area contributed by atoms with E-state index >= 15 is 4.39 Å². The molecule has 2 aliphatic rings. The number of pyridine rings is 3. The molecule has 0 spiro atoms. The van der Waals surface area contributed by atoms with E-state index in [0.717, 1.165) is 68.2 Å². The van der Waals surface area contributed by atoms with Crippen LogP contribution in [-0.4, -0.2) is 91.2 Å². The van der Waals surface area contributed by atoms with Gasteiger partial charge in [-0.1, -0.05) is 0 Å². The van der Waals surface area contributed by atoms with Gasteiger partial charge in [0.15, 0.2) is 17.3 Å². The summed E-state index contributed by atoms with van der Waals surface area (Å²) in [5.41, 5.74) is 4.54. The van der Waals surface area contributed by atoms with Crippen LogP contribution in [0.3, 0.4) is 0 Å². The molecular formula is C27H29FN10. The summed E-state index contributed by atoms with van der Waals surface area (Å²) in [5.74, 6) is 0.948. The van der Waals surface area contributed by atoms with E-state index < -0.39 is 5.82 Å². The molecule has 0 aliphatic carbocycles. The predicted octanol–water partition coefficient (Wildman–Crippen LogP) is 3.44. The van der Waals surface area contributed by atoms with Crippen LogP contribution in [0.25, 0.3) is 44.7 Å². The first-order valence-electron chi connectivity index (χ1n) is 13.1. The largest absolute Gasteiger partial charge is 0.352 e. The highest BCUT2D eigenvalue weighted by Crippen LogP contribution is 2.34. The van der Waals surface area contributed by atoms with E-state index in [-0.39, 0.29) is 0 Å². The fourth-order valence-electron chi connectivity index (χ4n) is 5.53. The normalized spacial score (nSPS) is 17.3. The zero-order chi connectivity index (χ0) is 25.6. The fraction of sp³-hybridized carbons (Fsp3) is 0.370. The topological polar surface area (TPSA) is 106 Å². The van der Waals surface area contributed by atoms with E-state index in [0.29, 0.717) is 33.7 Å². The quantitative estimate of drug-likeness (QED) is 0.369. The van der Waals surface area contributed by atoms with Crippen molar-refractivity contribution in [1.82, 2.24) is 44.9 Å². The van der Waals surface area contributed by atoms with Crippen molar-refractivity contribution in [3.63, 3.8) is 0 Å². The summed E-state index contributed by atoms with van der Waals surface area (Å²) in [4.78, 5) is 28.6. The van der Waals surface area contributed by atoms with Gasteiger partial charge in [0.1, 0.15) is 17.0 Å². The molecule has 0 atom stereocenters. The Morgan fingerprint density at radius 2 is 1.84 bits per heavy atom. The van der Waals surface area contributed by atoms with Crippen molar-refractivity contribution < 1.29 is 4.39 Å². The van der Waals surface area contributed by atoms with Crippen molar-refractivity contribution in [3.8, 4) is 22.6 Å². The number of hydrogen-bond acceptors (Lipinski definition) is 8. The van der Waals surface area contributed by atoms with Crippen molar-refractivity contribution in [2.75, 3.05) is 51.2 Å². The Kier molecular flexibility index (Phi) is 5.74. The van der Waals surface area contributed by atoms with E-state index in [4.69, 9.17) is 4.98 Å². The van der Waals surface area contributed by atoms with Gasteiger partial charge in [-0.15, -0.1) is 0 Å². The number of piperazine rings is 1. The molecule has 10 nitrogen and oxygen atoms in total. The molecule has 0 unspecified atom stereocenters. The van der Waals surface area contributed by atoms with Gasteiger partial charge in [0.25, 0.3) is 0 Å². The summed E-state index contributed by atoms with van der Waals surface area (Å²) in [5, 5.41) is 7.55. The Labute approximate surface area is 218 Å². The summed E-state index contributed by atoms with van der Waals surface area (Å²) in [7, 11) is 2.12. The molecule has 2 saturated heterocycles. The van der Waals surface area contributed by atoms with Gasteiger partial charge >= 0.3 is 0 Å². The minimum Gasteiger partial charge on any atom is -0.352 e. The number of anilines is 1. The monoisotopic (exact) mass is 512 g/mol. The number of halogens is 1. The second-order valence-corrected chi connectivity index (χ2v) is 10.3. The summed E-state index contributed by atoms with van der Waals surface area (Å²) < 4.78 is 16.1. The van der Waals surface area contributed by atoms with E-state index in [9.17, 15) is 0 Å². The van der Waals surface area contributed by atoms with Crippen LogP contribution in [0.4, 0.5) is 10.2 Å². The predicted molar refractivity (Wildman–Crippen MR) is 144 cm³/mol. The Bertz CT molecular complexity index is 1610. The lowest BCUT2D eigenvalue weighted by atomic mass is 10.0. The minimum atomic E-state index is -0.392. The summed E-state index contributed by atoms with van der Waals surface area (Å²) >= 11 is 0. The molecule has 194 valence electrons. The first-order chi connectivity index (χ1) is 18.6. The fourth-order valence-corrected chi connectivity index (χ4v) is 5.53. The highest BCUT2D eigenvalue weighted by molar-refractivity contribution is 5.95. The van der Waals surface area contributed by atoms with Crippen LogP contribution in [0.15, 0.2) is 36.9 Å². The van der Waals surface area contributed by atoms with Gasteiger partial charge in [0, 0.05) is 68.6 Å². The number of fused-ring (bicyclic) bond motifs is 2. The summed E-state index contributed by atoms with van der Waals surface area (Å²) in [6, 6.07) is 3.90. The van der Waals surface area contributed by atoms with Gasteiger partial charge in [-0.2, -0.15) is 5.10 Å². The third-order valence-corrected chi connectivity index (χ3v) is 7.65. The molecule has 7 rings (SSSR count). The Morgan fingerprint density at radius 3 is 2.68 bits per heavy atom. The standard InChI is InChI=1S/C27H29FN10/c1-36-8-10-38(11-9-36)27-23-20(4-5-30-27)32-26(33-23)24-21-22(28)19(15-31-25(21)35-34-24)18-12-17(13-29-14-18)16-37-6-2-3-7-37/h4-5,12-15H,2-3,6-11,16H2,1H3,(H,32,33)(H,31,34,35). The molecule has 11 heteroatoms. The number of rotatable bonds is 5. The lowest BCUT2D eigenvalue weighted by Gasteiger charge is -2.33. The van der Waals surface area contributed by atoms with Crippen LogP contribution >= 0.6 is 0 Å². The van der Waals surface area contributed by atoms with Crippen LogP contribution in [0.5, 0.6) is 0 Å². The summed E-state index contributed by atoms with van der Waals surface area (Å²) in [6.45, 7) is 6.69. The number of nitrogens with one attached hydrogen (secondary N) is 2. The number of hydrogen-bond donors (Lipinski definition) is 2. The second-order valence-electron chi connectivity index (χ2n) is 10.3. The summed E-state index contributed by atoms with van der Waals surface area (Å²) in [6.07, 6.45) is 9.31. The van der Waals surface area contributed by atoms with Crippen LogP contribution in [-0.2, 0) is 6.54 Å². The van der Waals surface area contributed by atoms with Crippen molar-refractivity contribution in [1.29, 1.82) is 0 Å². The Morgan fingerprint density at radius 1 is 1.00 bits per heavy atom.